The first-order valence-electron chi connectivity index (χ1n) is 11.7. The van der Waals surface area contributed by atoms with Gasteiger partial charge in [-0.15, -0.1) is 0 Å². The number of fused-ring (bicyclic) bond motifs is 3. The van der Waals surface area contributed by atoms with E-state index < -0.39 is 11.8 Å². The molecule has 0 N–H and O–H groups in total. The molecule has 4 aromatic carbocycles. The van der Waals surface area contributed by atoms with Crippen molar-refractivity contribution in [1.82, 2.24) is 14.5 Å². The van der Waals surface area contributed by atoms with Crippen LogP contribution >= 0.6 is 0 Å². The molecular weight excluding hydrogens is 466 g/mol. The van der Waals surface area contributed by atoms with Crippen molar-refractivity contribution in [1.29, 1.82) is 0 Å². The van der Waals surface area contributed by atoms with Crippen LogP contribution < -0.4 is 4.74 Å². The van der Waals surface area contributed by atoms with Gasteiger partial charge in [0.2, 0.25) is 17.3 Å². The smallest absolute Gasteiger partial charge is 0.347 e. The Bertz CT molecular complexity index is 1880. The molecule has 0 aliphatic carbocycles. The molecule has 0 radical (unpaired) electrons. The SMILES string of the molecule is O=C1Oc2cc3ccccc3cc2C(=O)/C1=C/c1nc2oc(-c3ccccc3)nc2n1-c1ccccc1. The fraction of sp³-hybridized carbons (Fsp3) is 0. The van der Waals surface area contributed by atoms with Crippen LogP contribution in [0.25, 0.3) is 45.4 Å². The lowest BCUT2D eigenvalue weighted by Gasteiger charge is -2.18. The van der Waals surface area contributed by atoms with E-state index in [1.165, 1.54) is 6.08 Å². The molecule has 37 heavy (non-hydrogen) atoms. The van der Waals surface area contributed by atoms with Gasteiger partial charge in [0, 0.05) is 17.3 Å². The van der Waals surface area contributed by atoms with Gasteiger partial charge in [0.25, 0.3) is 5.71 Å². The van der Waals surface area contributed by atoms with Crippen molar-refractivity contribution < 1.29 is 18.7 Å². The van der Waals surface area contributed by atoms with Crippen molar-refractivity contribution in [2.75, 3.05) is 0 Å². The Morgan fingerprint density at radius 2 is 1.43 bits per heavy atom. The molecule has 1 aliphatic heterocycles. The number of carbonyl (C=O) groups is 2. The van der Waals surface area contributed by atoms with E-state index in [-0.39, 0.29) is 17.0 Å². The molecule has 0 unspecified atom stereocenters. The van der Waals surface area contributed by atoms with Crippen molar-refractivity contribution in [3.05, 3.63) is 114 Å². The zero-order valence-corrected chi connectivity index (χ0v) is 19.3. The molecule has 0 fully saturated rings. The number of aromatic nitrogens is 3. The summed E-state index contributed by atoms with van der Waals surface area (Å²) in [4.78, 5) is 35.7. The van der Waals surface area contributed by atoms with Gasteiger partial charge in [0.05, 0.1) is 5.56 Å². The van der Waals surface area contributed by atoms with Crippen molar-refractivity contribution in [3.63, 3.8) is 0 Å². The Hall–Kier alpha value is -5.30. The zero-order chi connectivity index (χ0) is 24.9. The molecule has 7 heteroatoms. The zero-order valence-electron chi connectivity index (χ0n) is 19.3. The first kappa shape index (κ1) is 21.0. The third kappa shape index (κ3) is 3.44. The van der Waals surface area contributed by atoms with Crippen molar-refractivity contribution in [2.24, 2.45) is 0 Å². The van der Waals surface area contributed by atoms with E-state index in [1.54, 1.807) is 16.7 Å². The molecule has 0 saturated carbocycles. The lowest BCUT2D eigenvalue weighted by molar-refractivity contribution is -0.130. The molecule has 0 saturated heterocycles. The normalized spacial score (nSPS) is 14.3. The number of esters is 1. The molecule has 176 valence electrons. The monoisotopic (exact) mass is 483 g/mol. The Labute approximate surface area is 210 Å². The highest BCUT2D eigenvalue weighted by Gasteiger charge is 2.32. The van der Waals surface area contributed by atoms with E-state index in [2.05, 4.69) is 9.97 Å². The number of hydrogen-bond acceptors (Lipinski definition) is 6. The van der Waals surface area contributed by atoms with Crippen molar-refractivity contribution in [2.45, 2.75) is 0 Å². The lowest BCUT2D eigenvalue weighted by atomic mass is 9.96. The minimum atomic E-state index is -0.732. The number of imidazole rings is 1. The summed E-state index contributed by atoms with van der Waals surface area (Å²) in [6.07, 6.45) is 1.44. The molecule has 6 aromatic rings. The summed E-state index contributed by atoms with van der Waals surface area (Å²) in [5, 5.41) is 1.77. The average Bonchev–Trinajstić information content (AvgIpc) is 3.49. The third-order valence-corrected chi connectivity index (χ3v) is 6.32. The summed E-state index contributed by atoms with van der Waals surface area (Å²) in [5.41, 5.74) is 2.55. The molecule has 0 spiro atoms. The molecule has 1 aliphatic rings. The molecule has 0 atom stereocenters. The molecular formula is C30H17N3O4. The summed E-state index contributed by atoms with van der Waals surface area (Å²) < 4.78 is 13.3. The predicted molar refractivity (Wildman–Crippen MR) is 138 cm³/mol. The molecule has 7 rings (SSSR count). The highest BCUT2D eigenvalue weighted by atomic mass is 16.5. The minimum absolute atomic E-state index is 0.115. The van der Waals surface area contributed by atoms with Crippen LogP contribution in [0.2, 0.25) is 0 Å². The number of ketones is 1. The van der Waals surface area contributed by atoms with Gasteiger partial charge in [-0.05, 0) is 47.2 Å². The fourth-order valence-corrected chi connectivity index (χ4v) is 4.55. The van der Waals surface area contributed by atoms with Crippen LogP contribution in [0.5, 0.6) is 5.75 Å². The molecule has 3 heterocycles. The van der Waals surface area contributed by atoms with Gasteiger partial charge < -0.3 is 9.15 Å². The van der Waals surface area contributed by atoms with Crippen LogP contribution in [0.4, 0.5) is 0 Å². The van der Waals surface area contributed by atoms with Crippen LogP contribution in [0, 0.1) is 0 Å². The standard InChI is InChI=1S/C30H17N3O4/c34-26-22-15-19-11-7-8-12-20(19)16-24(22)36-30(35)23(26)17-25-31-29-27(33(25)21-13-5-2-6-14-21)32-28(37-29)18-9-3-1-4-10-18/h1-17H/b23-17-. The number of benzene rings is 4. The Morgan fingerprint density at radius 3 is 2.19 bits per heavy atom. The average molecular weight is 483 g/mol. The topological polar surface area (TPSA) is 87.2 Å². The second-order valence-electron chi connectivity index (χ2n) is 8.63. The summed E-state index contributed by atoms with van der Waals surface area (Å²) in [5.74, 6) is -0.146. The predicted octanol–water partition coefficient (Wildman–Crippen LogP) is 6.02. The third-order valence-electron chi connectivity index (χ3n) is 6.32. The van der Waals surface area contributed by atoms with E-state index in [1.807, 2.05) is 84.9 Å². The van der Waals surface area contributed by atoms with Gasteiger partial charge in [-0.2, -0.15) is 9.97 Å². The van der Waals surface area contributed by atoms with Gasteiger partial charge in [0.15, 0.2) is 0 Å². The van der Waals surface area contributed by atoms with Crippen LogP contribution in [0.15, 0.2) is 107 Å². The number of nitrogens with zero attached hydrogens (tertiary/aromatic N) is 3. The number of ether oxygens (including phenoxy) is 1. The highest BCUT2D eigenvalue weighted by molar-refractivity contribution is 6.30. The Balaban J connectivity index is 1.39. The van der Waals surface area contributed by atoms with Crippen LogP contribution in [-0.2, 0) is 4.79 Å². The summed E-state index contributed by atoms with van der Waals surface area (Å²) in [6.45, 7) is 0. The van der Waals surface area contributed by atoms with Crippen molar-refractivity contribution in [3.8, 4) is 22.9 Å². The maximum Gasteiger partial charge on any atom is 0.347 e. The number of carbonyl (C=O) groups excluding carboxylic acids is 2. The summed E-state index contributed by atoms with van der Waals surface area (Å²) in [6, 6.07) is 30.0. The second kappa shape index (κ2) is 8.13. The van der Waals surface area contributed by atoms with Gasteiger partial charge in [0.1, 0.15) is 17.1 Å². The number of hydrogen-bond donors (Lipinski definition) is 0. The van der Waals surface area contributed by atoms with Crippen molar-refractivity contribution >= 4 is 40.0 Å². The Morgan fingerprint density at radius 1 is 0.757 bits per heavy atom. The number of oxazole rings is 1. The molecule has 0 amide bonds. The minimum Gasteiger partial charge on any atom is -0.422 e. The van der Waals surface area contributed by atoms with E-state index in [9.17, 15) is 9.59 Å². The maximum absolute atomic E-state index is 13.5. The van der Waals surface area contributed by atoms with Gasteiger partial charge in [-0.25, -0.2) is 4.79 Å². The summed E-state index contributed by atoms with van der Waals surface area (Å²) in [7, 11) is 0. The molecule has 2 aromatic heterocycles. The fourth-order valence-electron chi connectivity index (χ4n) is 4.55. The van der Waals surface area contributed by atoms with E-state index in [4.69, 9.17) is 9.15 Å². The van der Waals surface area contributed by atoms with Crippen LogP contribution in [-0.4, -0.2) is 26.3 Å². The molecule has 0 bridgehead atoms. The number of para-hydroxylation sites is 1. The Kier molecular flexibility index (Phi) is 4.62. The highest BCUT2D eigenvalue weighted by Crippen LogP contribution is 2.34. The number of Topliss-reactive ketones (excluding diaryl/α,β-unsaturated/α-hetero) is 1. The van der Waals surface area contributed by atoms with E-state index >= 15 is 0 Å². The second-order valence-corrected chi connectivity index (χ2v) is 8.63. The van der Waals surface area contributed by atoms with Gasteiger partial charge >= 0.3 is 5.97 Å². The number of rotatable bonds is 3. The van der Waals surface area contributed by atoms with E-state index in [0.717, 1.165) is 22.0 Å². The van der Waals surface area contributed by atoms with E-state index in [0.29, 0.717) is 22.9 Å². The quantitative estimate of drug-likeness (QED) is 0.132. The summed E-state index contributed by atoms with van der Waals surface area (Å²) >= 11 is 0. The van der Waals surface area contributed by atoms with Crippen LogP contribution in [0.1, 0.15) is 16.2 Å². The maximum atomic E-state index is 13.5. The molecule has 7 nitrogen and oxygen atoms in total. The lowest BCUT2D eigenvalue weighted by Crippen LogP contribution is -2.25. The first-order chi connectivity index (χ1) is 18.2. The van der Waals surface area contributed by atoms with Gasteiger partial charge in [-0.3, -0.25) is 9.36 Å². The van der Waals surface area contributed by atoms with Crippen LogP contribution in [0.3, 0.4) is 0 Å². The first-order valence-corrected chi connectivity index (χ1v) is 11.7. The van der Waals surface area contributed by atoms with Gasteiger partial charge in [-0.1, -0.05) is 60.7 Å². The largest absolute Gasteiger partial charge is 0.422 e.